The zero-order chi connectivity index (χ0) is 23.6. The van der Waals surface area contributed by atoms with Gasteiger partial charge in [-0.15, -0.1) is 0 Å². The fraction of sp³-hybridized carbons (Fsp3) is 0.435. The Balaban J connectivity index is 1.55. The number of nitrogens with zero attached hydrogens (tertiary/aromatic N) is 2. The first kappa shape index (κ1) is 23.4. The van der Waals surface area contributed by atoms with Crippen molar-refractivity contribution in [2.75, 3.05) is 42.3 Å². The summed E-state index contributed by atoms with van der Waals surface area (Å²) < 4.78 is 54.7. The van der Waals surface area contributed by atoms with Gasteiger partial charge in [-0.25, -0.2) is 22.0 Å². The Hall–Kier alpha value is -2.72. The molecule has 10 heteroatoms. The Kier molecular flexibility index (Phi) is 6.85. The molecule has 0 saturated carbocycles. The predicted molar refractivity (Wildman–Crippen MR) is 121 cm³/mol. The van der Waals surface area contributed by atoms with Gasteiger partial charge >= 0.3 is 5.97 Å². The summed E-state index contributed by atoms with van der Waals surface area (Å²) in [6.07, 6.45) is 4.48. The molecule has 2 aromatic rings. The normalized spacial score (nSPS) is 19.6. The molecule has 0 amide bonds. The molecule has 0 aliphatic carbocycles. The minimum absolute atomic E-state index is 0.0366. The van der Waals surface area contributed by atoms with Gasteiger partial charge in [0.15, 0.2) is 0 Å². The highest BCUT2D eigenvalue weighted by molar-refractivity contribution is 7.92. The number of carboxylic acid groups (broad SMARTS) is 1. The number of piperidine rings is 1. The molecular formula is C23H27F2N3O4S. The number of anilines is 2. The minimum atomic E-state index is -4.45. The first-order valence-corrected chi connectivity index (χ1v) is 12.5. The SMILES string of the molecule is O=C(O)c1cc(NS(=O)(=O)c2cc(F)ccc2F)ccc1N1CCC[C@H](CN2CCCC2)C1. The second kappa shape index (κ2) is 9.64. The maximum atomic E-state index is 14.0. The second-order valence-electron chi connectivity index (χ2n) is 8.68. The van der Waals surface area contributed by atoms with Crippen molar-refractivity contribution in [1.29, 1.82) is 0 Å². The lowest BCUT2D eigenvalue weighted by Gasteiger charge is -2.36. The van der Waals surface area contributed by atoms with Gasteiger partial charge in [0.2, 0.25) is 0 Å². The third-order valence-corrected chi connectivity index (χ3v) is 7.63. The number of carbonyl (C=O) groups is 1. The molecule has 2 aliphatic heterocycles. The third kappa shape index (κ3) is 5.44. The van der Waals surface area contributed by atoms with Gasteiger partial charge in [0.1, 0.15) is 16.5 Å². The summed E-state index contributed by atoms with van der Waals surface area (Å²) in [4.78, 5) is 15.6. The molecule has 1 atom stereocenters. The monoisotopic (exact) mass is 479 g/mol. The maximum Gasteiger partial charge on any atom is 0.337 e. The molecule has 0 unspecified atom stereocenters. The van der Waals surface area contributed by atoms with E-state index in [9.17, 15) is 27.1 Å². The van der Waals surface area contributed by atoms with Gasteiger partial charge in [0.05, 0.1) is 11.3 Å². The molecule has 2 aromatic carbocycles. The minimum Gasteiger partial charge on any atom is -0.478 e. The van der Waals surface area contributed by atoms with Crippen LogP contribution in [0.4, 0.5) is 20.2 Å². The Morgan fingerprint density at radius 3 is 2.55 bits per heavy atom. The summed E-state index contributed by atoms with van der Waals surface area (Å²) in [7, 11) is -4.45. The molecule has 2 fully saturated rings. The summed E-state index contributed by atoms with van der Waals surface area (Å²) in [5.74, 6) is -2.75. The lowest BCUT2D eigenvalue weighted by molar-refractivity contribution is 0.0697. The van der Waals surface area contributed by atoms with Gasteiger partial charge < -0.3 is 14.9 Å². The van der Waals surface area contributed by atoms with Crippen LogP contribution in [-0.4, -0.2) is 57.1 Å². The van der Waals surface area contributed by atoms with E-state index in [-0.39, 0.29) is 11.3 Å². The van der Waals surface area contributed by atoms with Crippen molar-refractivity contribution in [2.45, 2.75) is 30.6 Å². The van der Waals surface area contributed by atoms with Crippen LogP contribution in [0, 0.1) is 17.6 Å². The van der Waals surface area contributed by atoms with Gasteiger partial charge in [-0.2, -0.15) is 0 Å². The zero-order valence-corrected chi connectivity index (χ0v) is 19.0. The van der Waals surface area contributed by atoms with Crippen LogP contribution in [0.15, 0.2) is 41.3 Å². The zero-order valence-electron chi connectivity index (χ0n) is 18.1. The van der Waals surface area contributed by atoms with Crippen LogP contribution < -0.4 is 9.62 Å². The van der Waals surface area contributed by atoms with Crippen molar-refractivity contribution in [3.63, 3.8) is 0 Å². The molecule has 0 bridgehead atoms. The summed E-state index contributed by atoms with van der Waals surface area (Å²) >= 11 is 0. The van der Waals surface area contributed by atoms with Crippen molar-refractivity contribution in [3.05, 3.63) is 53.6 Å². The maximum absolute atomic E-state index is 14.0. The molecule has 178 valence electrons. The molecular weight excluding hydrogens is 452 g/mol. The van der Waals surface area contributed by atoms with E-state index < -0.39 is 32.5 Å². The molecule has 2 saturated heterocycles. The first-order valence-electron chi connectivity index (χ1n) is 11.1. The number of rotatable bonds is 7. The quantitative estimate of drug-likeness (QED) is 0.628. The van der Waals surface area contributed by atoms with Crippen molar-refractivity contribution >= 4 is 27.4 Å². The van der Waals surface area contributed by atoms with Gasteiger partial charge in [0, 0.05) is 25.3 Å². The standard InChI is InChI=1S/C23H27F2N3O4S/c24-17-5-7-20(25)22(12-17)33(31,32)26-18-6-8-21(19(13-18)23(29)30)28-11-3-4-16(15-28)14-27-9-1-2-10-27/h5-8,12-13,16,26H,1-4,9-11,14-15H2,(H,29,30)/t16-/m1/s1. The van der Waals surface area contributed by atoms with Gasteiger partial charge in [-0.3, -0.25) is 4.72 Å². The van der Waals surface area contributed by atoms with Crippen molar-refractivity contribution in [3.8, 4) is 0 Å². The Morgan fingerprint density at radius 1 is 1.06 bits per heavy atom. The van der Waals surface area contributed by atoms with Crippen molar-refractivity contribution in [2.24, 2.45) is 5.92 Å². The van der Waals surface area contributed by atoms with Crippen LogP contribution in [0.5, 0.6) is 0 Å². The number of benzene rings is 2. The number of hydrogen-bond acceptors (Lipinski definition) is 5. The number of sulfonamides is 1. The van der Waals surface area contributed by atoms with Gasteiger partial charge in [-0.1, -0.05) is 0 Å². The molecule has 2 aliphatic rings. The highest BCUT2D eigenvalue weighted by Gasteiger charge is 2.27. The topological polar surface area (TPSA) is 89.9 Å². The molecule has 0 radical (unpaired) electrons. The van der Waals surface area contributed by atoms with E-state index in [2.05, 4.69) is 9.62 Å². The van der Waals surface area contributed by atoms with Crippen LogP contribution in [0.25, 0.3) is 0 Å². The molecule has 4 rings (SSSR count). The summed E-state index contributed by atoms with van der Waals surface area (Å²) in [5, 5.41) is 9.79. The molecule has 0 aromatic heterocycles. The lowest BCUT2D eigenvalue weighted by Crippen LogP contribution is -2.41. The van der Waals surface area contributed by atoms with E-state index in [1.54, 1.807) is 6.07 Å². The highest BCUT2D eigenvalue weighted by Crippen LogP contribution is 2.30. The summed E-state index contributed by atoms with van der Waals surface area (Å²) in [6.45, 7) is 4.66. The highest BCUT2D eigenvalue weighted by atomic mass is 32.2. The largest absolute Gasteiger partial charge is 0.478 e. The smallest absolute Gasteiger partial charge is 0.337 e. The predicted octanol–water partition coefficient (Wildman–Crippen LogP) is 3.78. The van der Waals surface area contributed by atoms with E-state index in [4.69, 9.17) is 0 Å². The molecule has 7 nitrogen and oxygen atoms in total. The van der Waals surface area contributed by atoms with Crippen molar-refractivity contribution in [1.82, 2.24) is 4.90 Å². The number of likely N-dealkylation sites (tertiary alicyclic amines) is 1. The van der Waals surface area contributed by atoms with E-state index in [1.807, 2.05) is 4.90 Å². The average Bonchev–Trinajstić information content (AvgIpc) is 3.28. The summed E-state index contributed by atoms with van der Waals surface area (Å²) in [6, 6.07) is 6.36. The van der Waals surface area contributed by atoms with E-state index in [0.29, 0.717) is 17.7 Å². The van der Waals surface area contributed by atoms with E-state index >= 15 is 0 Å². The Morgan fingerprint density at radius 2 is 1.82 bits per heavy atom. The van der Waals surface area contributed by atoms with Crippen LogP contribution in [0.3, 0.4) is 0 Å². The average molecular weight is 480 g/mol. The lowest BCUT2D eigenvalue weighted by atomic mass is 9.96. The van der Waals surface area contributed by atoms with Gasteiger partial charge in [-0.05, 0) is 81.1 Å². The fourth-order valence-corrected chi connectivity index (χ4v) is 5.84. The van der Waals surface area contributed by atoms with Crippen molar-refractivity contribution < 1.29 is 27.1 Å². The molecule has 33 heavy (non-hydrogen) atoms. The van der Waals surface area contributed by atoms with Crippen LogP contribution >= 0.6 is 0 Å². The number of carboxylic acids is 1. The van der Waals surface area contributed by atoms with Crippen LogP contribution in [-0.2, 0) is 10.0 Å². The number of aromatic carboxylic acids is 1. The number of halogens is 2. The Labute approximate surface area is 192 Å². The Bertz CT molecular complexity index is 1140. The number of nitrogens with one attached hydrogen (secondary N) is 1. The first-order chi connectivity index (χ1) is 15.7. The molecule has 0 spiro atoms. The van der Waals surface area contributed by atoms with Crippen LogP contribution in [0.2, 0.25) is 0 Å². The molecule has 2 N–H and O–H groups in total. The third-order valence-electron chi connectivity index (χ3n) is 6.24. The fourth-order valence-electron chi connectivity index (χ4n) is 4.70. The summed E-state index contributed by atoms with van der Waals surface area (Å²) in [5.41, 5.74) is 0.440. The number of hydrogen-bond donors (Lipinski definition) is 2. The van der Waals surface area contributed by atoms with Crippen LogP contribution in [0.1, 0.15) is 36.0 Å². The second-order valence-corrected chi connectivity index (χ2v) is 10.3. The van der Waals surface area contributed by atoms with E-state index in [1.165, 1.54) is 25.0 Å². The van der Waals surface area contributed by atoms with Gasteiger partial charge in [0.25, 0.3) is 10.0 Å². The van der Waals surface area contributed by atoms with E-state index in [0.717, 1.165) is 57.7 Å². The molecule has 2 heterocycles.